The average molecular weight is 606 g/mol. The van der Waals surface area contributed by atoms with Crippen molar-refractivity contribution in [2.24, 2.45) is 0 Å². The van der Waals surface area contributed by atoms with E-state index in [9.17, 15) is 65.9 Å². The van der Waals surface area contributed by atoms with Crippen LogP contribution < -0.4 is 0 Å². The van der Waals surface area contributed by atoms with E-state index in [4.69, 9.17) is 11.4 Å². The summed E-state index contributed by atoms with van der Waals surface area (Å²) in [4.78, 5) is 0. The van der Waals surface area contributed by atoms with Gasteiger partial charge < -0.3 is 25.6 Å². The van der Waals surface area contributed by atoms with Crippen molar-refractivity contribution in [1.29, 1.82) is 0 Å². The van der Waals surface area contributed by atoms with Crippen LogP contribution in [0.25, 0.3) is 0 Å². The van der Waals surface area contributed by atoms with E-state index in [1.807, 2.05) is 0 Å². The number of hydrogen-bond donors (Lipinski definition) is 0. The Kier molecular flexibility index (Phi) is 14.3. The number of rotatable bonds is 18. The zero-order chi connectivity index (χ0) is 29.2. The summed E-state index contributed by atoms with van der Waals surface area (Å²) in [5.74, 6) is -15.6. The van der Waals surface area contributed by atoms with Gasteiger partial charge in [0.1, 0.15) is 19.8 Å². The Balaban J connectivity index is 4.60. The van der Waals surface area contributed by atoms with Gasteiger partial charge in [0.15, 0.2) is 0 Å². The highest BCUT2D eigenvalue weighted by Gasteiger charge is 2.59. The molecule has 0 heterocycles. The van der Waals surface area contributed by atoms with Gasteiger partial charge in [0.25, 0.3) is 0 Å². The Labute approximate surface area is 203 Å². The summed E-state index contributed by atoms with van der Waals surface area (Å²) in [5, 5.41) is 0. The van der Waals surface area contributed by atoms with Gasteiger partial charge in [0.2, 0.25) is 0 Å². The van der Waals surface area contributed by atoms with Crippen LogP contribution in [0, 0.1) is 0 Å². The fourth-order valence-corrected chi connectivity index (χ4v) is 2.76. The van der Waals surface area contributed by atoms with E-state index in [0.717, 1.165) is 0 Å². The zero-order valence-electron chi connectivity index (χ0n) is 18.1. The molecule has 0 aliphatic rings. The van der Waals surface area contributed by atoms with Gasteiger partial charge in [0, 0.05) is 19.8 Å². The summed E-state index contributed by atoms with van der Waals surface area (Å²) in [6.45, 7) is -11.4. The van der Waals surface area contributed by atoms with E-state index in [0.29, 0.717) is 0 Å². The standard InChI is InChI=1S/3C5H6F5O2.Al/c3*6-4(7,5(8,9)10)3-12-2-1-11;/h3*1-3H2;/q3*-1;+3. The lowest BCUT2D eigenvalue weighted by molar-refractivity contribution is -0.297. The van der Waals surface area contributed by atoms with Crippen LogP contribution in [0.2, 0.25) is 0 Å². The number of alkyl halides is 15. The van der Waals surface area contributed by atoms with Gasteiger partial charge in [-0.2, -0.15) is 65.9 Å². The lowest BCUT2D eigenvalue weighted by atomic mass is 10.3. The third kappa shape index (κ3) is 13.7. The SMILES string of the molecule is FC(F)(F)C(F)(F)COCC[O][Al]([O]CCOCC(F)(F)C(F)(F)F)[O]CCOCC(F)(F)C(F)(F)F. The quantitative estimate of drug-likeness (QED) is 0.129. The fraction of sp³-hybridized carbons (Fsp3) is 1.00. The topological polar surface area (TPSA) is 55.4 Å². The normalized spacial score (nSPS) is 14.4. The predicted octanol–water partition coefficient (Wildman–Crippen LogP) is 4.66. The Morgan fingerprint density at radius 1 is 0.351 bits per heavy atom. The summed E-state index contributed by atoms with van der Waals surface area (Å²) in [6, 6.07) is 0. The van der Waals surface area contributed by atoms with Gasteiger partial charge in [0.05, 0.1) is 19.8 Å². The van der Waals surface area contributed by atoms with E-state index < -0.39 is 111 Å². The third-order valence-corrected chi connectivity index (χ3v) is 5.06. The molecule has 6 nitrogen and oxygen atoms in total. The van der Waals surface area contributed by atoms with Crippen LogP contribution in [0.4, 0.5) is 65.9 Å². The maximum Gasteiger partial charge on any atom is 0.905 e. The fourth-order valence-electron chi connectivity index (χ4n) is 1.60. The molecular formula is C15H18AlF15O6. The highest BCUT2D eigenvalue weighted by molar-refractivity contribution is 6.36. The van der Waals surface area contributed by atoms with Crippen molar-refractivity contribution < 1.29 is 91.4 Å². The molecule has 0 rings (SSSR count). The van der Waals surface area contributed by atoms with Crippen molar-refractivity contribution in [2.75, 3.05) is 59.5 Å². The molecule has 0 bridgehead atoms. The van der Waals surface area contributed by atoms with Crippen molar-refractivity contribution in [3.8, 4) is 0 Å². The van der Waals surface area contributed by atoms with Gasteiger partial charge in [-0.15, -0.1) is 0 Å². The second-order valence-corrected chi connectivity index (χ2v) is 8.24. The van der Waals surface area contributed by atoms with Crippen molar-refractivity contribution in [3.63, 3.8) is 0 Å². The molecule has 0 fully saturated rings. The Hall–Kier alpha value is -0.758. The van der Waals surface area contributed by atoms with Gasteiger partial charge >= 0.3 is 51.4 Å². The highest BCUT2D eigenvalue weighted by Crippen LogP contribution is 2.37. The minimum absolute atomic E-state index is 0.787. The lowest BCUT2D eigenvalue weighted by Crippen LogP contribution is -2.41. The van der Waals surface area contributed by atoms with E-state index in [1.54, 1.807) is 0 Å². The van der Waals surface area contributed by atoms with E-state index in [2.05, 4.69) is 14.2 Å². The molecule has 0 spiro atoms. The van der Waals surface area contributed by atoms with Gasteiger partial charge in [-0.3, -0.25) is 0 Å². The number of halogens is 15. The van der Waals surface area contributed by atoms with Crippen LogP contribution >= 0.6 is 0 Å². The van der Waals surface area contributed by atoms with E-state index in [-0.39, 0.29) is 0 Å². The Morgan fingerprint density at radius 3 is 0.757 bits per heavy atom. The molecule has 0 amide bonds. The van der Waals surface area contributed by atoms with Crippen LogP contribution in [0.3, 0.4) is 0 Å². The Morgan fingerprint density at radius 2 is 0.568 bits per heavy atom. The molecule has 0 aromatic rings. The van der Waals surface area contributed by atoms with Crippen LogP contribution in [0.1, 0.15) is 0 Å². The van der Waals surface area contributed by atoms with Crippen molar-refractivity contribution >= 4 is 15.1 Å². The first-order valence-corrected chi connectivity index (χ1v) is 10.9. The molecule has 0 saturated heterocycles. The lowest BCUT2D eigenvalue weighted by Gasteiger charge is -2.20. The molecule has 0 saturated carbocycles. The second-order valence-electron chi connectivity index (χ2n) is 6.67. The van der Waals surface area contributed by atoms with Crippen molar-refractivity contribution in [1.82, 2.24) is 0 Å². The first-order valence-electron chi connectivity index (χ1n) is 9.45. The summed E-state index contributed by atoms with van der Waals surface area (Å²) < 4.78 is 211. The van der Waals surface area contributed by atoms with E-state index in [1.165, 1.54) is 0 Å². The minimum atomic E-state index is -5.91. The third-order valence-electron chi connectivity index (χ3n) is 3.54. The predicted molar refractivity (Wildman–Crippen MR) is 89.1 cm³/mol. The molecular weight excluding hydrogens is 588 g/mol. The molecule has 222 valence electrons. The zero-order valence-corrected chi connectivity index (χ0v) is 19.2. The molecule has 22 heteroatoms. The molecule has 0 aromatic heterocycles. The smallest absolute Gasteiger partial charge is 0.452 e. The van der Waals surface area contributed by atoms with Crippen LogP contribution in [0.5, 0.6) is 0 Å². The number of hydrogen-bond acceptors (Lipinski definition) is 6. The molecule has 0 N–H and O–H groups in total. The van der Waals surface area contributed by atoms with Crippen molar-refractivity contribution in [3.05, 3.63) is 0 Å². The monoisotopic (exact) mass is 606 g/mol. The number of ether oxygens (including phenoxy) is 3. The van der Waals surface area contributed by atoms with Crippen LogP contribution in [-0.2, 0) is 25.6 Å². The summed E-state index contributed by atoms with van der Waals surface area (Å²) in [5.41, 5.74) is 0. The first-order chi connectivity index (χ1) is 16.5. The average Bonchev–Trinajstić information content (AvgIpc) is 2.69. The minimum Gasteiger partial charge on any atom is -0.452 e. The maximum atomic E-state index is 12.7. The van der Waals surface area contributed by atoms with Gasteiger partial charge in [-0.05, 0) is 0 Å². The van der Waals surface area contributed by atoms with Gasteiger partial charge in [-0.25, -0.2) is 0 Å². The first kappa shape index (κ1) is 36.2. The van der Waals surface area contributed by atoms with Crippen LogP contribution in [0.15, 0.2) is 0 Å². The molecule has 0 radical (unpaired) electrons. The highest BCUT2D eigenvalue weighted by atomic mass is 27.3. The molecule has 0 aliphatic heterocycles. The summed E-state index contributed by atoms with van der Waals surface area (Å²) in [6.07, 6.45) is -17.7. The molecule has 0 aliphatic carbocycles. The van der Waals surface area contributed by atoms with Crippen LogP contribution in [-0.4, -0.2) is 111 Å². The molecule has 0 aromatic carbocycles. The molecule has 37 heavy (non-hydrogen) atoms. The maximum absolute atomic E-state index is 12.7. The molecule has 0 atom stereocenters. The molecule has 0 unspecified atom stereocenters. The largest absolute Gasteiger partial charge is 0.905 e. The Bertz CT molecular complexity index is 555. The van der Waals surface area contributed by atoms with E-state index >= 15 is 0 Å². The second kappa shape index (κ2) is 14.6. The summed E-state index contributed by atoms with van der Waals surface area (Å²) >= 11 is -3.56. The van der Waals surface area contributed by atoms with Crippen molar-refractivity contribution in [2.45, 2.75) is 36.3 Å². The summed E-state index contributed by atoms with van der Waals surface area (Å²) in [7, 11) is 0. The van der Waals surface area contributed by atoms with Gasteiger partial charge in [-0.1, -0.05) is 0 Å².